The van der Waals surface area contributed by atoms with E-state index in [1.807, 2.05) is 0 Å². The molecule has 0 fully saturated rings. The molecule has 1 aromatic heterocycles. The zero-order valence-corrected chi connectivity index (χ0v) is 14.7. The van der Waals surface area contributed by atoms with Gasteiger partial charge in [-0.25, -0.2) is 4.98 Å². The maximum Gasteiger partial charge on any atom is 0.123 e. The van der Waals surface area contributed by atoms with Crippen molar-refractivity contribution >= 4 is 11.3 Å². The van der Waals surface area contributed by atoms with E-state index in [4.69, 9.17) is 10.1 Å². The summed E-state index contributed by atoms with van der Waals surface area (Å²) in [5.41, 5.74) is 3.56. The van der Waals surface area contributed by atoms with E-state index < -0.39 is 0 Å². The highest BCUT2D eigenvalue weighted by molar-refractivity contribution is 7.15. The number of rotatable bonds is 7. The molecule has 1 heterocycles. The monoisotopic (exact) mass is 318 g/mol. The van der Waals surface area contributed by atoms with E-state index in [1.165, 1.54) is 16.0 Å². The lowest BCUT2D eigenvalue weighted by Crippen LogP contribution is -2.29. The molecule has 3 nitrogen and oxygen atoms in total. The first-order valence-corrected chi connectivity index (χ1v) is 8.74. The third-order valence-corrected chi connectivity index (χ3v) is 5.24. The molecule has 0 amide bonds. The van der Waals surface area contributed by atoms with E-state index in [0.29, 0.717) is 6.04 Å². The third-order valence-electron chi connectivity index (χ3n) is 3.85. The predicted molar refractivity (Wildman–Crippen MR) is 94.4 cm³/mol. The number of aliphatic hydroxyl groups is 1. The molecule has 0 saturated carbocycles. The van der Waals surface area contributed by atoms with Crippen LogP contribution in [-0.2, 0) is 0 Å². The fraction of sp³-hybridized carbons (Fsp3) is 0.500. The Labute approximate surface area is 137 Å². The average molecular weight is 318 g/mol. The highest BCUT2D eigenvalue weighted by atomic mass is 32.1. The third kappa shape index (κ3) is 4.38. The van der Waals surface area contributed by atoms with Crippen molar-refractivity contribution in [1.29, 1.82) is 0 Å². The molecule has 120 valence electrons. The summed E-state index contributed by atoms with van der Waals surface area (Å²) in [7, 11) is 0. The Balaban J connectivity index is 2.10. The van der Waals surface area contributed by atoms with E-state index in [9.17, 15) is 0 Å². The van der Waals surface area contributed by atoms with Crippen molar-refractivity contribution in [2.75, 3.05) is 6.61 Å². The van der Waals surface area contributed by atoms with Crippen LogP contribution in [0, 0.1) is 13.8 Å². The van der Waals surface area contributed by atoms with Gasteiger partial charge in [0.2, 0.25) is 0 Å². The summed E-state index contributed by atoms with van der Waals surface area (Å²) in [6.07, 6.45) is 1.83. The Bertz CT molecular complexity index is 592. The van der Waals surface area contributed by atoms with Gasteiger partial charge in [0.05, 0.1) is 5.69 Å². The molecule has 2 rings (SSSR count). The Morgan fingerprint density at radius 1 is 1.18 bits per heavy atom. The maximum atomic E-state index is 8.92. The van der Waals surface area contributed by atoms with Crippen LogP contribution in [0.25, 0.3) is 10.6 Å². The van der Waals surface area contributed by atoms with Gasteiger partial charge in [0.25, 0.3) is 0 Å². The number of aromatic nitrogens is 1. The summed E-state index contributed by atoms with van der Waals surface area (Å²) in [5, 5.41) is 13.6. The van der Waals surface area contributed by atoms with Gasteiger partial charge in [-0.15, -0.1) is 11.3 Å². The number of nitrogens with zero attached hydrogens (tertiary/aromatic N) is 1. The normalized spacial score (nSPS) is 14.0. The van der Waals surface area contributed by atoms with Crippen LogP contribution in [0.4, 0.5) is 0 Å². The Kier molecular flexibility index (Phi) is 6.12. The van der Waals surface area contributed by atoms with Gasteiger partial charge in [-0.1, -0.05) is 29.8 Å². The molecule has 0 aliphatic carbocycles. The summed E-state index contributed by atoms with van der Waals surface area (Å²) in [6.45, 7) is 8.80. The lowest BCUT2D eigenvalue weighted by molar-refractivity contribution is 0.274. The van der Waals surface area contributed by atoms with Crippen LogP contribution < -0.4 is 5.32 Å². The maximum absolute atomic E-state index is 8.92. The molecule has 0 saturated heterocycles. The topological polar surface area (TPSA) is 45.2 Å². The van der Waals surface area contributed by atoms with Crippen LogP contribution in [-0.4, -0.2) is 22.7 Å². The largest absolute Gasteiger partial charge is 0.396 e. The molecule has 2 aromatic rings. The number of aryl methyl sites for hydroxylation is 2. The molecule has 22 heavy (non-hydrogen) atoms. The number of hydrogen-bond acceptors (Lipinski definition) is 4. The van der Waals surface area contributed by atoms with Crippen LogP contribution in [0.5, 0.6) is 0 Å². The Morgan fingerprint density at radius 3 is 2.50 bits per heavy atom. The first kappa shape index (κ1) is 17.1. The molecule has 4 heteroatoms. The molecule has 0 aliphatic rings. The summed E-state index contributed by atoms with van der Waals surface area (Å²) in [4.78, 5) is 6.04. The summed E-state index contributed by atoms with van der Waals surface area (Å²) in [6, 6.07) is 9.21. The molecule has 2 unspecified atom stereocenters. The van der Waals surface area contributed by atoms with E-state index in [-0.39, 0.29) is 12.6 Å². The molecular weight excluding hydrogens is 292 g/mol. The lowest BCUT2D eigenvalue weighted by atomic mass is 10.1. The minimum Gasteiger partial charge on any atom is -0.396 e. The van der Waals surface area contributed by atoms with Crippen LogP contribution in [0.2, 0.25) is 0 Å². The number of aliphatic hydroxyl groups excluding tert-OH is 1. The van der Waals surface area contributed by atoms with Gasteiger partial charge in [0, 0.05) is 29.1 Å². The summed E-state index contributed by atoms with van der Waals surface area (Å²) >= 11 is 1.77. The minimum atomic E-state index is 0.261. The fourth-order valence-electron chi connectivity index (χ4n) is 2.61. The second-order valence-corrected chi connectivity index (χ2v) is 7.02. The van der Waals surface area contributed by atoms with E-state index >= 15 is 0 Å². The number of benzene rings is 1. The molecule has 0 spiro atoms. The average Bonchev–Trinajstić information content (AvgIpc) is 2.88. The van der Waals surface area contributed by atoms with E-state index in [2.05, 4.69) is 57.3 Å². The van der Waals surface area contributed by atoms with Gasteiger partial charge in [-0.2, -0.15) is 0 Å². The van der Waals surface area contributed by atoms with E-state index in [1.54, 1.807) is 11.3 Å². The predicted octanol–water partition coefficient (Wildman–Crippen LogP) is 4.24. The van der Waals surface area contributed by atoms with Gasteiger partial charge in [-0.05, 0) is 40.5 Å². The number of thiazole rings is 1. The quantitative estimate of drug-likeness (QED) is 0.802. The van der Waals surface area contributed by atoms with Crippen molar-refractivity contribution in [3.8, 4) is 10.6 Å². The summed E-state index contributed by atoms with van der Waals surface area (Å²) in [5.74, 6) is 0. The second-order valence-electron chi connectivity index (χ2n) is 5.99. The lowest BCUT2D eigenvalue weighted by Gasteiger charge is -2.19. The van der Waals surface area contributed by atoms with Crippen molar-refractivity contribution in [2.24, 2.45) is 0 Å². The molecular formula is C18H26N2OS. The number of nitrogens with one attached hydrogen (secondary N) is 1. The van der Waals surface area contributed by atoms with Crippen LogP contribution in [0.3, 0.4) is 0 Å². The van der Waals surface area contributed by atoms with Gasteiger partial charge in [-0.3, -0.25) is 0 Å². The molecule has 0 aliphatic heterocycles. The zero-order chi connectivity index (χ0) is 16.1. The van der Waals surface area contributed by atoms with Crippen molar-refractivity contribution < 1.29 is 5.11 Å². The van der Waals surface area contributed by atoms with Crippen molar-refractivity contribution in [3.05, 3.63) is 40.4 Å². The SMILES string of the molecule is Cc1ccc(-c2nc(C)c(C(C)NC(C)CCCO)s2)cc1. The molecule has 2 N–H and O–H groups in total. The standard InChI is InChI=1S/C18H26N2OS/c1-12-7-9-16(10-8-12)18-20-15(4)17(22-18)14(3)19-13(2)6-5-11-21/h7-10,13-14,19,21H,5-6,11H2,1-4H3. The van der Waals surface area contributed by atoms with Crippen LogP contribution in [0.1, 0.15) is 48.9 Å². The minimum absolute atomic E-state index is 0.261. The van der Waals surface area contributed by atoms with Crippen molar-refractivity contribution in [1.82, 2.24) is 10.3 Å². The van der Waals surface area contributed by atoms with Crippen LogP contribution in [0.15, 0.2) is 24.3 Å². The number of hydrogen-bond donors (Lipinski definition) is 2. The van der Waals surface area contributed by atoms with Gasteiger partial charge in [0.15, 0.2) is 0 Å². The summed E-state index contributed by atoms with van der Waals surface area (Å²) < 4.78 is 0. The first-order valence-electron chi connectivity index (χ1n) is 7.92. The van der Waals surface area contributed by atoms with Gasteiger partial charge < -0.3 is 10.4 Å². The Hall–Kier alpha value is -1.23. The van der Waals surface area contributed by atoms with Crippen molar-refractivity contribution in [2.45, 2.75) is 52.6 Å². The van der Waals surface area contributed by atoms with Gasteiger partial charge in [0.1, 0.15) is 5.01 Å². The van der Waals surface area contributed by atoms with Crippen molar-refractivity contribution in [3.63, 3.8) is 0 Å². The fourth-order valence-corrected chi connectivity index (χ4v) is 3.70. The van der Waals surface area contributed by atoms with Crippen LogP contribution >= 0.6 is 11.3 Å². The highest BCUT2D eigenvalue weighted by Gasteiger charge is 2.16. The molecule has 1 aromatic carbocycles. The first-order chi connectivity index (χ1) is 10.5. The molecule has 0 bridgehead atoms. The molecule has 2 atom stereocenters. The smallest absolute Gasteiger partial charge is 0.123 e. The highest BCUT2D eigenvalue weighted by Crippen LogP contribution is 2.32. The Morgan fingerprint density at radius 2 is 1.86 bits per heavy atom. The van der Waals surface area contributed by atoms with Gasteiger partial charge >= 0.3 is 0 Å². The van der Waals surface area contributed by atoms with E-state index in [0.717, 1.165) is 23.5 Å². The second kappa shape index (κ2) is 7.86. The zero-order valence-electron chi connectivity index (χ0n) is 13.9. The molecule has 0 radical (unpaired) electrons.